The predicted molar refractivity (Wildman–Crippen MR) is 57.3 cm³/mol. The molecule has 6 nitrogen and oxygen atoms in total. The lowest BCUT2D eigenvalue weighted by Gasteiger charge is -2.08. The molecule has 0 aromatic heterocycles. The maximum Gasteiger partial charge on any atom is 0.377 e. The molecule has 1 aromatic carbocycles. The van der Waals surface area contributed by atoms with Crippen LogP contribution in [0.1, 0.15) is 15.9 Å². The van der Waals surface area contributed by atoms with Crippen molar-refractivity contribution in [2.24, 2.45) is 0 Å². The highest BCUT2D eigenvalue weighted by Gasteiger charge is 2.27. The number of amides is 1. The molecular formula is C11H9NO5. The highest BCUT2D eigenvalue weighted by atomic mass is 16.5. The number of fused-ring (bicyclic) bond motifs is 1. The van der Waals surface area contributed by atoms with E-state index in [0.717, 1.165) is 0 Å². The fourth-order valence-corrected chi connectivity index (χ4v) is 1.73. The van der Waals surface area contributed by atoms with Crippen LogP contribution in [0.4, 0.5) is 5.69 Å². The summed E-state index contributed by atoms with van der Waals surface area (Å²) in [5.41, 5.74) is 0.778. The summed E-state index contributed by atoms with van der Waals surface area (Å²) in [7, 11) is 1.40. The van der Waals surface area contributed by atoms with Gasteiger partial charge in [-0.05, 0) is 17.7 Å². The molecule has 0 fully saturated rings. The van der Waals surface area contributed by atoms with Gasteiger partial charge in [0.05, 0.1) is 24.8 Å². The maximum atomic E-state index is 11.5. The molecule has 6 heteroatoms. The first-order valence-electron chi connectivity index (χ1n) is 4.81. The zero-order chi connectivity index (χ0) is 12.6. The molecule has 0 bridgehead atoms. The van der Waals surface area contributed by atoms with Crippen molar-refractivity contribution in [3.8, 4) is 5.75 Å². The van der Waals surface area contributed by atoms with Gasteiger partial charge in [-0.3, -0.25) is 9.59 Å². The van der Waals surface area contributed by atoms with Crippen LogP contribution < -0.4 is 10.1 Å². The van der Waals surface area contributed by atoms with E-state index >= 15 is 0 Å². The lowest BCUT2D eigenvalue weighted by Crippen LogP contribution is -2.15. The summed E-state index contributed by atoms with van der Waals surface area (Å²) in [6.07, 6.45) is 0.117. The van der Waals surface area contributed by atoms with Crippen LogP contribution in [0.3, 0.4) is 0 Å². The number of Topliss-reactive ketones (excluding diaryl/α,β-unsaturated/α-hetero) is 1. The number of carbonyl (C=O) groups excluding carboxylic acids is 2. The van der Waals surface area contributed by atoms with Crippen molar-refractivity contribution in [1.82, 2.24) is 0 Å². The molecule has 1 amide bonds. The third kappa shape index (κ3) is 1.84. The summed E-state index contributed by atoms with van der Waals surface area (Å²) in [6.45, 7) is 0. The number of ether oxygens (including phenoxy) is 1. The Hall–Kier alpha value is -2.37. The number of ketones is 1. The summed E-state index contributed by atoms with van der Waals surface area (Å²) in [5.74, 6) is -2.55. The summed E-state index contributed by atoms with van der Waals surface area (Å²) in [5, 5.41) is 11.2. The van der Waals surface area contributed by atoms with Crippen LogP contribution in [0.25, 0.3) is 0 Å². The number of rotatable bonds is 3. The number of aliphatic carboxylic acids is 1. The number of benzene rings is 1. The second-order valence-electron chi connectivity index (χ2n) is 3.57. The van der Waals surface area contributed by atoms with Crippen LogP contribution in [0, 0.1) is 0 Å². The van der Waals surface area contributed by atoms with Crippen LogP contribution in [-0.4, -0.2) is 29.9 Å². The van der Waals surface area contributed by atoms with Gasteiger partial charge in [0.2, 0.25) is 5.91 Å². The van der Waals surface area contributed by atoms with Crippen molar-refractivity contribution in [1.29, 1.82) is 0 Å². The maximum absolute atomic E-state index is 11.5. The fraction of sp³-hybridized carbons (Fsp3) is 0.182. The molecule has 0 spiro atoms. The molecular weight excluding hydrogens is 226 g/mol. The number of anilines is 1. The number of carbonyl (C=O) groups is 3. The van der Waals surface area contributed by atoms with Gasteiger partial charge in [0, 0.05) is 0 Å². The van der Waals surface area contributed by atoms with Gasteiger partial charge in [0.1, 0.15) is 5.75 Å². The van der Waals surface area contributed by atoms with Crippen LogP contribution >= 0.6 is 0 Å². The monoisotopic (exact) mass is 235 g/mol. The average molecular weight is 235 g/mol. The molecule has 0 atom stereocenters. The van der Waals surface area contributed by atoms with Gasteiger partial charge in [0.25, 0.3) is 5.78 Å². The van der Waals surface area contributed by atoms with E-state index in [4.69, 9.17) is 9.84 Å². The van der Waals surface area contributed by atoms with Crippen LogP contribution in [0.2, 0.25) is 0 Å². The van der Waals surface area contributed by atoms with E-state index in [0.29, 0.717) is 11.3 Å². The highest BCUT2D eigenvalue weighted by Crippen LogP contribution is 2.32. The zero-order valence-corrected chi connectivity index (χ0v) is 8.94. The Morgan fingerprint density at radius 2 is 2.12 bits per heavy atom. The molecule has 0 saturated heterocycles. The topological polar surface area (TPSA) is 92.7 Å². The first kappa shape index (κ1) is 11.1. The third-order valence-electron chi connectivity index (χ3n) is 2.48. The summed E-state index contributed by atoms with van der Waals surface area (Å²) in [4.78, 5) is 33.4. The van der Waals surface area contributed by atoms with Crippen molar-refractivity contribution in [2.45, 2.75) is 6.42 Å². The lowest BCUT2D eigenvalue weighted by molar-refractivity contribution is -0.131. The minimum absolute atomic E-state index is 0.0577. The molecule has 17 heavy (non-hydrogen) atoms. The number of nitrogens with one attached hydrogen (secondary N) is 1. The van der Waals surface area contributed by atoms with Crippen molar-refractivity contribution in [3.05, 3.63) is 23.3 Å². The number of hydrogen-bond acceptors (Lipinski definition) is 4. The summed E-state index contributed by atoms with van der Waals surface area (Å²) >= 11 is 0. The van der Waals surface area contributed by atoms with Crippen molar-refractivity contribution in [2.75, 3.05) is 12.4 Å². The standard InChI is InChI=1S/C11H9NO5/c1-17-6-2-5-3-8(13)12-9(5)7(4-6)10(14)11(15)16/h2,4H,3H2,1H3,(H,12,13)(H,15,16). The van der Waals surface area contributed by atoms with Crippen LogP contribution in [0.15, 0.2) is 12.1 Å². The molecule has 0 aliphatic carbocycles. The first-order valence-corrected chi connectivity index (χ1v) is 4.81. The minimum atomic E-state index is -1.57. The number of methoxy groups -OCH3 is 1. The molecule has 2 N–H and O–H groups in total. The smallest absolute Gasteiger partial charge is 0.377 e. The van der Waals surface area contributed by atoms with Crippen LogP contribution in [0.5, 0.6) is 5.75 Å². The normalized spacial score (nSPS) is 12.9. The third-order valence-corrected chi connectivity index (χ3v) is 2.48. The lowest BCUT2D eigenvalue weighted by atomic mass is 10.0. The fourth-order valence-electron chi connectivity index (χ4n) is 1.73. The number of carboxylic acid groups (broad SMARTS) is 1. The molecule has 2 rings (SSSR count). The second kappa shape index (κ2) is 3.89. The van der Waals surface area contributed by atoms with E-state index < -0.39 is 11.8 Å². The SMILES string of the molecule is COc1cc2c(c(C(=O)C(=O)O)c1)NC(=O)C2. The van der Waals surface area contributed by atoms with E-state index in [9.17, 15) is 14.4 Å². The summed E-state index contributed by atoms with van der Waals surface area (Å²) < 4.78 is 4.96. The van der Waals surface area contributed by atoms with E-state index in [-0.39, 0.29) is 23.6 Å². The van der Waals surface area contributed by atoms with E-state index in [2.05, 4.69) is 5.32 Å². The molecule has 88 valence electrons. The quantitative estimate of drug-likeness (QED) is 0.586. The molecule has 0 saturated carbocycles. The molecule has 1 aliphatic rings. The largest absolute Gasteiger partial charge is 0.497 e. The van der Waals surface area contributed by atoms with E-state index in [1.165, 1.54) is 13.2 Å². The van der Waals surface area contributed by atoms with E-state index in [1.54, 1.807) is 6.07 Å². The Morgan fingerprint density at radius 1 is 1.41 bits per heavy atom. The Kier molecular flexibility index (Phi) is 2.55. The Labute approximate surface area is 96.2 Å². The van der Waals surface area contributed by atoms with Crippen molar-refractivity contribution >= 4 is 23.3 Å². The van der Waals surface area contributed by atoms with Crippen molar-refractivity contribution < 1.29 is 24.2 Å². The molecule has 1 heterocycles. The van der Waals surface area contributed by atoms with Gasteiger partial charge in [0.15, 0.2) is 0 Å². The predicted octanol–water partition coefficient (Wildman–Crippen LogP) is 0.457. The molecule has 0 unspecified atom stereocenters. The van der Waals surface area contributed by atoms with Gasteiger partial charge in [-0.2, -0.15) is 0 Å². The summed E-state index contributed by atoms with van der Waals surface area (Å²) in [6, 6.07) is 2.91. The van der Waals surface area contributed by atoms with Gasteiger partial charge in [-0.15, -0.1) is 0 Å². The molecule has 1 aromatic rings. The van der Waals surface area contributed by atoms with Gasteiger partial charge < -0.3 is 15.2 Å². The Morgan fingerprint density at radius 3 is 2.71 bits per heavy atom. The number of carboxylic acids is 1. The van der Waals surface area contributed by atoms with Crippen LogP contribution in [-0.2, 0) is 16.0 Å². The number of hydrogen-bond donors (Lipinski definition) is 2. The van der Waals surface area contributed by atoms with Gasteiger partial charge in [-0.25, -0.2) is 4.79 Å². The minimum Gasteiger partial charge on any atom is -0.497 e. The van der Waals surface area contributed by atoms with Gasteiger partial charge in [-0.1, -0.05) is 0 Å². The van der Waals surface area contributed by atoms with E-state index in [1.807, 2.05) is 0 Å². The Balaban J connectivity index is 2.58. The first-order chi connectivity index (χ1) is 8.02. The zero-order valence-electron chi connectivity index (χ0n) is 8.94. The van der Waals surface area contributed by atoms with Crippen molar-refractivity contribution in [3.63, 3.8) is 0 Å². The average Bonchev–Trinajstić information content (AvgIpc) is 2.66. The Bertz CT molecular complexity index is 535. The molecule has 0 radical (unpaired) electrons. The highest BCUT2D eigenvalue weighted by molar-refractivity contribution is 6.41. The second-order valence-corrected chi connectivity index (χ2v) is 3.57. The van der Waals surface area contributed by atoms with Gasteiger partial charge >= 0.3 is 5.97 Å². The molecule has 1 aliphatic heterocycles.